The second-order valence-electron chi connectivity index (χ2n) is 7.53. The summed E-state index contributed by atoms with van der Waals surface area (Å²) in [6, 6.07) is 14.6. The Bertz CT molecular complexity index is 1140. The maximum absolute atomic E-state index is 12.8. The average molecular weight is 482 g/mol. The van der Waals surface area contributed by atoms with E-state index < -0.39 is 26.2 Å². The van der Waals surface area contributed by atoms with Crippen molar-refractivity contribution in [2.45, 2.75) is 17.9 Å². The van der Waals surface area contributed by atoms with Gasteiger partial charge in [0.25, 0.3) is 5.91 Å². The number of carbonyl (C=O) groups is 1. The van der Waals surface area contributed by atoms with Crippen molar-refractivity contribution in [1.29, 1.82) is 0 Å². The van der Waals surface area contributed by atoms with Crippen LogP contribution in [0.25, 0.3) is 0 Å². The van der Waals surface area contributed by atoms with Gasteiger partial charge >= 0.3 is 0 Å². The van der Waals surface area contributed by atoms with Crippen molar-refractivity contribution in [3.05, 3.63) is 54.6 Å². The van der Waals surface area contributed by atoms with Crippen molar-refractivity contribution in [3.8, 4) is 5.75 Å². The quantitative estimate of drug-likeness (QED) is 0.592. The molecular formula is C21H27N3O6S2. The van der Waals surface area contributed by atoms with Crippen LogP contribution in [0.5, 0.6) is 5.75 Å². The molecule has 1 fully saturated rings. The fourth-order valence-electron chi connectivity index (χ4n) is 3.33. The third-order valence-corrected chi connectivity index (χ3v) is 8.41. The maximum atomic E-state index is 12.8. The molecule has 0 saturated carbocycles. The summed E-state index contributed by atoms with van der Waals surface area (Å²) in [6.45, 7) is 2.60. The number of sulfonamides is 2. The lowest BCUT2D eigenvalue weighted by Gasteiger charge is -2.35. The van der Waals surface area contributed by atoms with E-state index in [0.29, 0.717) is 11.4 Å². The zero-order chi connectivity index (χ0) is 23.5. The number of carbonyl (C=O) groups excluding carboxylic acids is 1. The van der Waals surface area contributed by atoms with Gasteiger partial charge in [0.05, 0.1) is 16.8 Å². The number of hydrogen-bond acceptors (Lipinski definition) is 6. The molecule has 174 valence electrons. The first-order valence-corrected chi connectivity index (χ1v) is 13.3. The number of ether oxygens (including phenoxy) is 1. The lowest BCUT2D eigenvalue weighted by molar-refractivity contribution is -0.139. The van der Waals surface area contributed by atoms with Gasteiger partial charge in [0.15, 0.2) is 6.10 Å². The molecule has 9 nitrogen and oxygen atoms in total. The molecule has 1 saturated heterocycles. The van der Waals surface area contributed by atoms with E-state index in [9.17, 15) is 21.6 Å². The van der Waals surface area contributed by atoms with Crippen molar-refractivity contribution < 1.29 is 26.4 Å². The van der Waals surface area contributed by atoms with Crippen LogP contribution in [-0.2, 0) is 24.8 Å². The molecule has 11 heteroatoms. The molecule has 0 aliphatic carbocycles. The maximum Gasteiger partial charge on any atom is 0.263 e. The molecule has 0 unspecified atom stereocenters. The minimum Gasteiger partial charge on any atom is -0.481 e. The first kappa shape index (κ1) is 24.0. The SMILES string of the molecule is C[C@H](Oc1ccc(N(C)S(C)(=O)=O)cc1)C(=O)N1CCN(S(=O)(=O)c2ccccc2)CC1. The highest BCUT2D eigenvalue weighted by Crippen LogP contribution is 2.22. The van der Waals surface area contributed by atoms with Crippen LogP contribution in [0.3, 0.4) is 0 Å². The highest BCUT2D eigenvalue weighted by Gasteiger charge is 2.32. The molecule has 1 aliphatic rings. The van der Waals surface area contributed by atoms with Gasteiger partial charge in [-0.1, -0.05) is 18.2 Å². The summed E-state index contributed by atoms with van der Waals surface area (Å²) < 4.78 is 57.0. The van der Waals surface area contributed by atoms with Crippen molar-refractivity contribution in [2.24, 2.45) is 0 Å². The van der Waals surface area contributed by atoms with Crippen LogP contribution >= 0.6 is 0 Å². The summed E-state index contributed by atoms with van der Waals surface area (Å²) >= 11 is 0. The molecule has 1 atom stereocenters. The number of rotatable bonds is 7. The van der Waals surface area contributed by atoms with Crippen molar-refractivity contribution >= 4 is 31.6 Å². The average Bonchev–Trinajstić information content (AvgIpc) is 2.78. The molecule has 3 rings (SSSR count). The number of anilines is 1. The fourth-order valence-corrected chi connectivity index (χ4v) is 5.28. The van der Waals surface area contributed by atoms with Crippen LogP contribution in [0.4, 0.5) is 5.69 Å². The van der Waals surface area contributed by atoms with E-state index >= 15 is 0 Å². The molecule has 0 bridgehead atoms. The lowest BCUT2D eigenvalue weighted by atomic mass is 10.2. The smallest absolute Gasteiger partial charge is 0.263 e. The number of nitrogens with zero attached hydrogens (tertiary/aromatic N) is 3. The van der Waals surface area contributed by atoms with Crippen LogP contribution < -0.4 is 9.04 Å². The Labute approximate surface area is 189 Å². The molecular weight excluding hydrogens is 454 g/mol. The predicted molar refractivity (Wildman–Crippen MR) is 122 cm³/mol. The summed E-state index contributed by atoms with van der Waals surface area (Å²) in [5.41, 5.74) is 0.481. The molecule has 1 amide bonds. The first-order valence-electron chi connectivity index (χ1n) is 10.0. The lowest BCUT2D eigenvalue weighted by Crippen LogP contribution is -2.53. The van der Waals surface area contributed by atoms with Crippen LogP contribution in [0, 0.1) is 0 Å². The van der Waals surface area contributed by atoms with E-state index in [1.54, 1.807) is 66.4 Å². The van der Waals surface area contributed by atoms with Crippen molar-refractivity contribution in [2.75, 3.05) is 43.8 Å². The minimum atomic E-state index is -3.58. The number of amides is 1. The second kappa shape index (κ2) is 9.47. The normalized spacial score (nSPS) is 16.4. The highest BCUT2D eigenvalue weighted by molar-refractivity contribution is 7.92. The Morgan fingerprint density at radius 1 is 0.938 bits per heavy atom. The third-order valence-electron chi connectivity index (χ3n) is 5.29. The van der Waals surface area contributed by atoms with Crippen LogP contribution in [0.1, 0.15) is 6.92 Å². The predicted octanol–water partition coefficient (Wildman–Crippen LogP) is 1.38. The second-order valence-corrected chi connectivity index (χ2v) is 11.5. The number of piperazine rings is 1. The Hall–Kier alpha value is -2.63. The van der Waals surface area contributed by atoms with Gasteiger partial charge in [-0.2, -0.15) is 4.31 Å². The number of benzene rings is 2. The Morgan fingerprint density at radius 2 is 1.50 bits per heavy atom. The highest BCUT2D eigenvalue weighted by atomic mass is 32.2. The van der Waals surface area contributed by atoms with Gasteiger partial charge in [0, 0.05) is 33.2 Å². The molecule has 1 heterocycles. The molecule has 1 aliphatic heterocycles. The molecule has 0 radical (unpaired) electrons. The Morgan fingerprint density at radius 3 is 2.03 bits per heavy atom. The van der Waals surface area contributed by atoms with E-state index in [4.69, 9.17) is 4.74 Å². The third kappa shape index (κ3) is 5.40. The van der Waals surface area contributed by atoms with E-state index in [0.717, 1.165) is 10.6 Å². The zero-order valence-corrected chi connectivity index (χ0v) is 19.8. The summed E-state index contributed by atoms with van der Waals surface area (Å²) in [5, 5.41) is 0. The van der Waals surface area contributed by atoms with Crippen molar-refractivity contribution in [3.63, 3.8) is 0 Å². The van der Waals surface area contributed by atoms with Crippen LogP contribution in [0.15, 0.2) is 59.5 Å². The molecule has 32 heavy (non-hydrogen) atoms. The van der Waals surface area contributed by atoms with Gasteiger partial charge in [-0.3, -0.25) is 9.10 Å². The van der Waals surface area contributed by atoms with Gasteiger partial charge < -0.3 is 9.64 Å². The minimum absolute atomic E-state index is 0.211. The van der Waals surface area contributed by atoms with Gasteiger partial charge in [-0.25, -0.2) is 16.8 Å². The molecule has 2 aromatic carbocycles. The van der Waals surface area contributed by atoms with Gasteiger partial charge in [-0.05, 0) is 43.3 Å². The van der Waals surface area contributed by atoms with Crippen LogP contribution in [0.2, 0.25) is 0 Å². The Kier molecular flexibility index (Phi) is 7.11. The molecule has 0 aromatic heterocycles. The van der Waals surface area contributed by atoms with Gasteiger partial charge in [0.2, 0.25) is 20.0 Å². The topological polar surface area (TPSA) is 104 Å². The van der Waals surface area contributed by atoms with Gasteiger partial charge in [0.1, 0.15) is 5.75 Å². The summed E-state index contributed by atoms with van der Waals surface area (Å²) in [4.78, 5) is 14.6. The van der Waals surface area contributed by atoms with E-state index in [-0.39, 0.29) is 37.0 Å². The fraction of sp³-hybridized carbons (Fsp3) is 0.381. The standard InChI is InChI=1S/C21H27N3O6S2/c1-17(30-19-11-9-18(10-12-19)22(2)31(3,26)27)21(25)23-13-15-24(16-14-23)32(28,29)20-7-5-4-6-8-20/h4-12,17H,13-16H2,1-3H3/t17-/m0/s1. The molecule has 0 N–H and O–H groups in total. The van der Waals surface area contributed by atoms with E-state index in [1.165, 1.54) is 11.4 Å². The Balaban J connectivity index is 1.57. The summed E-state index contributed by atoms with van der Waals surface area (Å²) in [7, 11) is -5.50. The summed E-state index contributed by atoms with van der Waals surface area (Å²) in [6.07, 6.45) is 0.342. The zero-order valence-electron chi connectivity index (χ0n) is 18.2. The molecule has 0 spiro atoms. The van der Waals surface area contributed by atoms with Crippen molar-refractivity contribution in [1.82, 2.24) is 9.21 Å². The van der Waals surface area contributed by atoms with Gasteiger partial charge in [-0.15, -0.1) is 0 Å². The first-order chi connectivity index (χ1) is 15.0. The monoisotopic (exact) mass is 481 g/mol. The number of hydrogen-bond donors (Lipinski definition) is 0. The van der Waals surface area contributed by atoms with E-state index in [2.05, 4.69) is 0 Å². The van der Waals surface area contributed by atoms with E-state index in [1.807, 2.05) is 0 Å². The summed E-state index contributed by atoms with van der Waals surface area (Å²) in [5.74, 6) is 0.195. The van der Waals surface area contributed by atoms with Crippen LogP contribution in [-0.4, -0.2) is 77.5 Å². The molecule has 2 aromatic rings. The largest absolute Gasteiger partial charge is 0.481 e.